The van der Waals surface area contributed by atoms with E-state index in [9.17, 15) is 9.59 Å². The molecule has 2 unspecified atom stereocenters. The summed E-state index contributed by atoms with van der Waals surface area (Å²) in [5, 5.41) is 3.22. The van der Waals surface area contributed by atoms with Crippen LogP contribution in [0.25, 0.3) is 0 Å². The lowest BCUT2D eigenvalue weighted by atomic mass is 9.81. The van der Waals surface area contributed by atoms with Crippen molar-refractivity contribution < 1.29 is 19.1 Å². The van der Waals surface area contributed by atoms with Gasteiger partial charge in [-0.25, -0.2) is 0 Å². The average molecular weight is 372 g/mol. The van der Waals surface area contributed by atoms with Gasteiger partial charge in [0.2, 0.25) is 11.8 Å². The van der Waals surface area contributed by atoms with Crippen LogP contribution in [0.3, 0.4) is 0 Å². The molecular formula is C21H28N2O4. The third-order valence-electron chi connectivity index (χ3n) is 6.12. The zero-order valence-corrected chi connectivity index (χ0v) is 16.1. The smallest absolute Gasteiger partial charge is 0.243 e. The summed E-state index contributed by atoms with van der Waals surface area (Å²) in [6.45, 7) is 5.89. The molecule has 1 N–H and O–H groups in total. The van der Waals surface area contributed by atoms with Crippen molar-refractivity contribution in [3.8, 4) is 5.75 Å². The van der Waals surface area contributed by atoms with Crippen LogP contribution in [0.2, 0.25) is 0 Å². The Kier molecular flexibility index (Phi) is 4.84. The number of fused-ring (bicyclic) bond motifs is 1. The quantitative estimate of drug-likeness (QED) is 0.885. The molecule has 0 saturated carbocycles. The van der Waals surface area contributed by atoms with Crippen molar-refractivity contribution in [2.75, 3.05) is 19.8 Å². The molecule has 0 radical (unpaired) electrons. The van der Waals surface area contributed by atoms with E-state index < -0.39 is 6.04 Å². The molecule has 0 aliphatic carbocycles. The summed E-state index contributed by atoms with van der Waals surface area (Å²) in [5.41, 5.74) is 1.88. The van der Waals surface area contributed by atoms with Gasteiger partial charge in [-0.2, -0.15) is 0 Å². The number of carbonyl (C=O) groups is 2. The van der Waals surface area contributed by atoms with Crippen molar-refractivity contribution in [2.24, 2.45) is 0 Å². The SMILES string of the molecule is Cc1ccc2c(c1)C(NC(=O)C(C)N1CCCC1=O)CC1(CCOCC1)O2. The van der Waals surface area contributed by atoms with Gasteiger partial charge in [0.15, 0.2) is 0 Å². The van der Waals surface area contributed by atoms with E-state index in [1.165, 1.54) is 0 Å². The molecule has 3 aliphatic heterocycles. The van der Waals surface area contributed by atoms with E-state index in [1.54, 1.807) is 4.90 Å². The maximum atomic E-state index is 12.9. The second kappa shape index (κ2) is 7.15. The van der Waals surface area contributed by atoms with Gasteiger partial charge < -0.3 is 19.7 Å². The highest BCUT2D eigenvalue weighted by Crippen LogP contribution is 2.44. The number of ether oxygens (including phenoxy) is 2. The van der Waals surface area contributed by atoms with Crippen LogP contribution in [0.15, 0.2) is 18.2 Å². The predicted octanol–water partition coefficient (Wildman–Crippen LogP) is 2.49. The lowest BCUT2D eigenvalue weighted by molar-refractivity contribution is -0.137. The minimum Gasteiger partial charge on any atom is -0.487 e. The van der Waals surface area contributed by atoms with E-state index in [1.807, 2.05) is 26.0 Å². The first-order valence-corrected chi connectivity index (χ1v) is 9.95. The molecule has 6 nitrogen and oxygen atoms in total. The zero-order valence-electron chi connectivity index (χ0n) is 16.1. The normalized spacial score (nSPS) is 25.0. The first kappa shape index (κ1) is 18.3. The highest BCUT2D eigenvalue weighted by atomic mass is 16.5. The van der Waals surface area contributed by atoms with Gasteiger partial charge >= 0.3 is 0 Å². The summed E-state index contributed by atoms with van der Waals surface area (Å²) in [6, 6.07) is 5.59. The number of amides is 2. The molecule has 2 amide bonds. The molecule has 0 bridgehead atoms. The summed E-state index contributed by atoms with van der Waals surface area (Å²) in [4.78, 5) is 26.6. The van der Waals surface area contributed by atoms with Crippen LogP contribution in [0.4, 0.5) is 0 Å². The third kappa shape index (κ3) is 3.55. The van der Waals surface area contributed by atoms with Gasteiger partial charge in [0.25, 0.3) is 0 Å². The predicted molar refractivity (Wildman–Crippen MR) is 101 cm³/mol. The monoisotopic (exact) mass is 372 g/mol. The molecule has 2 atom stereocenters. The van der Waals surface area contributed by atoms with Gasteiger partial charge in [0.05, 0.1) is 19.3 Å². The molecule has 2 fully saturated rings. The van der Waals surface area contributed by atoms with Crippen LogP contribution in [0.1, 0.15) is 56.2 Å². The topological polar surface area (TPSA) is 67.9 Å². The van der Waals surface area contributed by atoms with Crippen LogP contribution in [0.5, 0.6) is 5.75 Å². The van der Waals surface area contributed by atoms with Crippen LogP contribution in [0, 0.1) is 6.92 Å². The van der Waals surface area contributed by atoms with Gasteiger partial charge in [-0.1, -0.05) is 17.7 Å². The van der Waals surface area contributed by atoms with E-state index in [2.05, 4.69) is 11.4 Å². The summed E-state index contributed by atoms with van der Waals surface area (Å²) in [7, 11) is 0. The minimum atomic E-state index is -0.443. The number of carbonyl (C=O) groups excluding carboxylic acids is 2. The van der Waals surface area contributed by atoms with E-state index in [0.717, 1.165) is 42.6 Å². The minimum absolute atomic E-state index is 0.0711. The van der Waals surface area contributed by atoms with Crippen molar-refractivity contribution in [1.82, 2.24) is 10.2 Å². The Balaban J connectivity index is 1.57. The Bertz CT molecular complexity index is 742. The molecule has 3 heterocycles. The number of nitrogens with one attached hydrogen (secondary N) is 1. The summed E-state index contributed by atoms with van der Waals surface area (Å²) < 4.78 is 11.9. The van der Waals surface area contributed by atoms with Gasteiger partial charge in [0, 0.05) is 37.8 Å². The standard InChI is InChI=1S/C21H28N2O4/c1-14-5-6-18-16(12-14)17(13-21(27-18)7-10-26-11-8-21)22-20(25)15(2)23-9-3-4-19(23)24/h5-6,12,15,17H,3-4,7-11,13H2,1-2H3,(H,22,25). The van der Waals surface area contributed by atoms with Crippen LogP contribution in [-0.4, -0.2) is 48.1 Å². The van der Waals surface area contributed by atoms with Crippen molar-refractivity contribution in [1.29, 1.82) is 0 Å². The van der Waals surface area contributed by atoms with Gasteiger partial charge in [-0.3, -0.25) is 9.59 Å². The maximum absolute atomic E-state index is 12.9. The zero-order chi connectivity index (χ0) is 19.0. The molecule has 3 aliphatic rings. The fraction of sp³-hybridized carbons (Fsp3) is 0.619. The first-order valence-electron chi connectivity index (χ1n) is 9.95. The number of aryl methyl sites for hydroxylation is 1. The number of likely N-dealkylation sites (tertiary alicyclic amines) is 1. The lowest BCUT2D eigenvalue weighted by Gasteiger charge is -2.44. The maximum Gasteiger partial charge on any atom is 0.243 e. The molecular weight excluding hydrogens is 344 g/mol. The fourth-order valence-electron chi connectivity index (χ4n) is 4.48. The summed E-state index contributed by atoms with van der Waals surface area (Å²) in [5.74, 6) is 0.831. The molecule has 1 aromatic rings. The molecule has 6 heteroatoms. The second-order valence-electron chi connectivity index (χ2n) is 8.07. The Morgan fingerprint density at radius 3 is 2.81 bits per heavy atom. The molecule has 0 aromatic heterocycles. The van der Waals surface area contributed by atoms with E-state index in [4.69, 9.17) is 9.47 Å². The Labute approximate surface area is 160 Å². The number of nitrogens with zero attached hydrogens (tertiary/aromatic N) is 1. The molecule has 1 aromatic carbocycles. The number of rotatable bonds is 3. The van der Waals surface area contributed by atoms with Crippen molar-refractivity contribution in [2.45, 2.75) is 63.6 Å². The van der Waals surface area contributed by atoms with Crippen molar-refractivity contribution in [3.05, 3.63) is 29.3 Å². The van der Waals surface area contributed by atoms with Crippen molar-refractivity contribution >= 4 is 11.8 Å². The van der Waals surface area contributed by atoms with Gasteiger partial charge in [-0.15, -0.1) is 0 Å². The number of benzene rings is 1. The average Bonchev–Trinajstić information content (AvgIpc) is 3.08. The number of hydrogen-bond acceptors (Lipinski definition) is 4. The Morgan fingerprint density at radius 2 is 2.11 bits per heavy atom. The Morgan fingerprint density at radius 1 is 1.33 bits per heavy atom. The summed E-state index contributed by atoms with van der Waals surface area (Å²) >= 11 is 0. The summed E-state index contributed by atoms with van der Waals surface area (Å²) in [6.07, 6.45) is 3.76. The van der Waals surface area contributed by atoms with Crippen LogP contribution < -0.4 is 10.1 Å². The van der Waals surface area contributed by atoms with Crippen LogP contribution >= 0.6 is 0 Å². The third-order valence-corrected chi connectivity index (χ3v) is 6.12. The van der Waals surface area contributed by atoms with Gasteiger partial charge in [-0.05, 0) is 26.3 Å². The molecule has 27 heavy (non-hydrogen) atoms. The molecule has 1 spiro atoms. The molecule has 4 rings (SSSR count). The fourth-order valence-corrected chi connectivity index (χ4v) is 4.48. The largest absolute Gasteiger partial charge is 0.487 e. The number of hydrogen-bond donors (Lipinski definition) is 1. The van der Waals surface area contributed by atoms with E-state index in [-0.39, 0.29) is 23.5 Å². The van der Waals surface area contributed by atoms with E-state index in [0.29, 0.717) is 26.2 Å². The second-order valence-corrected chi connectivity index (χ2v) is 8.07. The van der Waals surface area contributed by atoms with Crippen molar-refractivity contribution in [3.63, 3.8) is 0 Å². The highest BCUT2D eigenvalue weighted by molar-refractivity contribution is 5.88. The Hall–Kier alpha value is -2.08. The molecule has 146 valence electrons. The van der Waals surface area contributed by atoms with Gasteiger partial charge in [0.1, 0.15) is 17.4 Å². The first-order chi connectivity index (χ1) is 13.0. The van der Waals surface area contributed by atoms with E-state index >= 15 is 0 Å². The molecule has 2 saturated heterocycles. The highest BCUT2D eigenvalue weighted by Gasteiger charge is 2.43. The lowest BCUT2D eigenvalue weighted by Crippen LogP contribution is -2.51. The van der Waals surface area contributed by atoms with Crippen LogP contribution in [-0.2, 0) is 14.3 Å².